The Morgan fingerprint density at radius 3 is 3.09 bits per heavy atom. The van der Waals surface area contributed by atoms with Gasteiger partial charge in [-0.2, -0.15) is 0 Å². The summed E-state index contributed by atoms with van der Waals surface area (Å²) in [5.41, 5.74) is 3.41. The van der Waals surface area contributed by atoms with Crippen molar-refractivity contribution < 1.29 is 4.58 Å². The van der Waals surface area contributed by atoms with E-state index in [1.807, 2.05) is 7.05 Å². The summed E-state index contributed by atoms with van der Waals surface area (Å²) in [6.07, 6.45) is 0. The van der Waals surface area contributed by atoms with Gasteiger partial charge in [-0.3, -0.25) is 4.58 Å². The zero-order valence-corrected chi connectivity index (χ0v) is 7.14. The highest BCUT2D eigenvalue weighted by Gasteiger charge is 2.03. The predicted molar refractivity (Wildman–Crippen MR) is 47.9 cm³/mol. The van der Waals surface area contributed by atoms with Crippen molar-refractivity contribution in [3.05, 3.63) is 36.4 Å². The summed E-state index contributed by atoms with van der Waals surface area (Å²) in [7, 11) is 2.04. The van der Waals surface area contributed by atoms with Gasteiger partial charge in [0.1, 0.15) is 12.6 Å². The van der Waals surface area contributed by atoms with E-state index in [-0.39, 0.29) is 0 Å². The molecule has 11 heavy (non-hydrogen) atoms. The van der Waals surface area contributed by atoms with Crippen LogP contribution >= 0.6 is 11.8 Å². The summed E-state index contributed by atoms with van der Waals surface area (Å²) in [6.45, 7) is 2.13. The normalized spacial score (nSPS) is 14.8. The average Bonchev–Trinajstić information content (AvgIpc) is 2.04. The van der Waals surface area contributed by atoms with Gasteiger partial charge in [-0.05, 0) is 0 Å². The van der Waals surface area contributed by atoms with Crippen molar-refractivity contribution in [2.45, 2.75) is 4.90 Å². The number of rotatable bonds is 0. The Balaban J connectivity index is 2.42. The van der Waals surface area contributed by atoms with Crippen LogP contribution in [-0.4, -0.2) is 17.2 Å². The first kappa shape index (κ1) is 6.80. The molecule has 0 saturated carbocycles. The molecule has 1 aromatic rings. The third kappa shape index (κ3) is 1.26. The third-order valence-electron chi connectivity index (χ3n) is 1.61. The first-order valence-electron chi connectivity index (χ1n) is 3.52. The molecule has 56 valence electrons. The Labute approximate surface area is 70.7 Å². The Morgan fingerprint density at radius 2 is 2.18 bits per heavy atom. The van der Waals surface area contributed by atoms with Crippen LogP contribution in [0.3, 0.4) is 0 Å². The second kappa shape index (κ2) is 2.62. The molecule has 0 atom stereocenters. The fourth-order valence-electron chi connectivity index (χ4n) is 1.08. The van der Waals surface area contributed by atoms with E-state index in [0.29, 0.717) is 0 Å². The molecule has 0 unspecified atom stereocenters. The minimum atomic E-state index is 1.31. The van der Waals surface area contributed by atoms with Gasteiger partial charge in [0.25, 0.3) is 0 Å². The highest BCUT2D eigenvalue weighted by atomic mass is 32.2. The molecule has 0 spiro atoms. The molecule has 0 bridgehead atoms. The second-order valence-corrected chi connectivity index (χ2v) is 3.44. The molecule has 0 amide bonds. The number of benzene rings is 1. The van der Waals surface area contributed by atoms with Crippen molar-refractivity contribution in [3.63, 3.8) is 0 Å². The third-order valence-corrected chi connectivity index (χ3v) is 2.67. The maximum absolute atomic E-state index is 2.14. The van der Waals surface area contributed by atoms with E-state index in [0.717, 1.165) is 0 Å². The molecule has 0 fully saturated rings. The largest absolute Gasteiger partial charge is 0.282 e. The van der Waals surface area contributed by atoms with Crippen molar-refractivity contribution >= 4 is 17.3 Å². The Hall–Kier alpha value is -0.890. The van der Waals surface area contributed by atoms with Crippen LogP contribution in [0.25, 0.3) is 0 Å². The molecule has 1 heterocycles. The maximum atomic E-state index is 2.14. The lowest BCUT2D eigenvalue weighted by Gasteiger charge is -2.15. The van der Waals surface area contributed by atoms with E-state index in [1.165, 1.54) is 10.5 Å². The van der Waals surface area contributed by atoms with Crippen molar-refractivity contribution in [3.8, 4) is 0 Å². The quantitative estimate of drug-likeness (QED) is 0.417. The lowest BCUT2D eigenvalue weighted by atomic mass is 10.2. The highest BCUT2D eigenvalue weighted by Crippen LogP contribution is 2.25. The summed E-state index contributed by atoms with van der Waals surface area (Å²) >= 11 is 1.77. The van der Waals surface area contributed by atoms with E-state index < -0.39 is 0 Å². The molecule has 0 N–H and O–H groups in total. The highest BCUT2D eigenvalue weighted by molar-refractivity contribution is 8.12. The van der Waals surface area contributed by atoms with Crippen LogP contribution in [-0.2, 0) is 0 Å². The Bertz CT molecular complexity index is 304. The van der Waals surface area contributed by atoms with Crippen LogP contribution in [0.15, 0.2) is 29.2 Å². The monoisotopic (exact) mass is 163 g/mol. The van der Waals surface area contributed by atoms with Crippen molar-refractivity contribution in [2.24, 2.45) is 0 Å². The number of nitrogens with zero attached hydrogens (tertiary/aromatic N) is 1. The van der Waals surface area contributed by atoms with Gasteiger partial charge in [0, 0.05) is 0 Å². The number of fused-ring (bicyclic) bond motifs is 1. The van der Waals surface area contributed by atoms with Crippen LogP contribution in [0.1, 0.15) is 5.56 Å². The zero-order chi connectivity index (χ0) is 7.68. The van der Waals surface area contributed by atoms with Crippen LogP contribution < -0.4 is 0 Å². The van der Waals surface area contributed by atoms with Gasteiger partial charge < -0.3 is 0 Å². The van der Waals surface area contributed by atoms with Crippen LogP contribution in [0.4, 0.5) is 0 Å². The van der Waals surface area contributed by atoms with E-state index in [4.69, 9.17) is 0 Å². The molecular weight excluding hydrogens is 154 g/mol. The summed E-state index contributed by atoms with van der Waals surface area (Å²) in [5, 5.41) is 0. The van der Waals surface area contributed by atoms with Gasteiger partial charge in [0.05, 0.1) is 6.54 Å². The first-order valence-corrected chi connectivity index (χ1v) is 4.40. The molecule has 1 aliphatic heterocycles. The minimum Gasteiger partial charge on any atom is -0.282 e. The number of hydrogen-bond acceptors (Lipinski definition) is 1. The topological polar surface area (TPSA) is 3.01 Å². The maximum Gasteiger partial charge on any atom is 0.129 e. The Kier molecular flexibility index (Phi) is 1.62. The lowest BCUT2D eigenvalue weighted by Crippen LogP contribution is -2.07. The van der Waals surface area contributed by atoms with Crippen molar-refractivity contribution in [2.75, 3.05) is 7.05 Å². The van der Waals surface area contributed by atoms with Crippen LogP contribution in [0.2, 0.25) is 0 Å². The molecule has 0 aromatic heterocycles. The summed E-state index contributed by atoms with van der Waals surface area (Å²) in [4.78, 5) is 1.34. The molecule has 0 aliphatic carbocycles. The smallest absolute Gasteiger partial charge is 0.129 e. The molecule has 2 heteroatoms. The Morgan fingerprint density at radius 1 is 1.36 bits per heavy atom. The molecule has 2 rings (SSSR count). The molecule has 1 aliphatic rings. The average molecular weight is 163 g/mol. The van der Waals surface area contributed by atoms with Gasteiger partial charge in [-0.25, -0.2) is 0 Å². The first-order chi connectivity index (χ1) is 5.36. The summed E-state index contributed by atoms with van der Waals surface area (Å²) in [6, 6.07) is 8.40. The van der Waals surface area contributed by atoms with Crippen LogP contribution in [0.5, 0.6) is 0 Å². The van der Waals surface area contributed by atoms with Gasteiger partial charge in [0.15, 0.2) is 0 Å². The standard InChI is InChI=1S/C9H9NS/c1-10-6-8-4-2-3-5-9(8)11-7-10/h2-7H,1H3. The lowest BCUT2D eigenvalue weighted by molar-refractivity contribution is -0.441. The predicted octanol–water partition coefficient (Wildman–Crippen LogP) is 1.97. The van der Waals surface area contributed by atoms with Gasteiger partial charge >= 0.3 is 0 Å². The molecular formula is C9H9NS. The minimum absolute atomic E-state index is 1.31. The van der Waals surface area contributed by atoms with Gasteiger partial charge in [-0.1, -0.05) is 22.6 Å². The molecule has 1 aromatic carbocycles. The van der Waals surface area contributed by atoms with Crippen molar-refractivity contribution in [1.82, 2.24) is 0 Å². The summed E-state index contributed by atoms with van der Waals surface area (Å²) in [5.74, 6) is 0. The fourth-order valence-corrected chi connectivity index (χ4v) is 1.84. The number of hydrogen-bond donors (Lipinski definition) is 0. The van der Waals surface area contributed by atoms with Gasteiger partial charge in [-0.15, -0.1) is 23.9 Å². The van der Waals surface area contributed by atoms with E-state index >= 15 is 0 Å². The van der Waals surface area contributed by atoms with Crippen molar-refractivity contribution in [1.29, 1.82) is 0 Å². The van der Waals surface area contributed by atoms with E-state index in [9.17, 15) is 0 Å². The molecule has 1 nitrogen and oxygen atoms in total. The molecule has 0 radical (unpaired) electrons. The fraction of sp³-hybridized carbons (Fsp3) is 0.111. The van der Waals surface area contributed by atoms with Gasteiger partial charge in [0.2, 0.25) is 0 Å². The molecule has 0 saturated heterocycles. The van der Waals surface area contributed by atoms with E-state index in [2.05, 4.69) is 40.9 Å². The summed E-state index contributed by atoms with van der Waals surface area (Å²) < 4.78 is 2.08. The zero-order valence-electron chi connectivity index (χ0n) is 6.32. The van der Waals surface area contributed by atoms with E-state index in [1.54, 1.807) is 11.8 Å². The SMILES string of the molecule is C[N+]1=CSc2ccccc2[CH-]1. The second-order valence-electron chi connectivity index (χ2n) is 2.56. The van der Waals surface area contributed by atoms with Crippen LogP contribution in [0, 0.1) is 6.54 Å². The number of thioether (sulfide) groups is 1.